The minimum Gasteiger partial charge on any atom is -0.454 e. The Morgan fingerprint density at radius 2 is 1.82 bits per heavy atom. The maximum atomic E-state index is 13.0. The standard InChI is InChI=1S/C25H21N3O4S/c29-23(26-14-17-6-9-21-22(12-17)32-15-31-21)18-7-8-19-20(13-18)27-25(33)28(24(19)30)11-10-16-4-2-1-3-5-16/h1-9,12-13H,10-11,14-15H2,(H,26,29)(H,27,33). The van der Waals surface area contributed by atoms with Crippen LogP contribution in [-0.4, -0.2) is 22.3 Å². The minimum absolute atomic E-state index is 0.169. The number of nitrogens with zero attached hydrogens (tertiary/aromatic N) is 1. The fourth-order valence-electron chi connectivity index (χ4n) is 3.82. The summed E-state index contributed by atoms with van der Waals surface area (Å²) in [5.74, 6) is 1.12. The van der Waals surface area contributed by atoms with Crippen LogP contribution in [0.2, 0.25) is 0 Å². The number of amides is 1. The summed E-state index contributed by atoms with van der Waals surface area (Å²) in [6, 6.07) is 20.5. The van der Waals surface area contributed by atoms with Gasteiger partial charge < -0.3 is 19.8 Å². The van der Waals surface area contributed by atoms with E-state index in [1.807, 2.05) is 48.5 Å². The number of hydrogen-bond acceptors (Lipinski definition) is 5. The van der Waals surface area contributed by atoms with E-state index >= 15 is 0 Å². The molecule has 33 heavy (non-hydrogen) atoms. The zero-order chi connectivity index (χ0) is 22.8. The highest BCUT2D eigenvalue weighted by Gasteiger charge is 2.14. The molecule has 0 atom stereocenters. The highest BCUT2D eigenvalue weighted by molar-refractivity contribution is 7.71. The molecule has 0 aliphatic carbocycles. The van der Waals surface area contributed by atoms with Crippen molar-refractivity contribution in [3.8, 4) is 11.5 Å². The predicted octanol–water partition coefficient (Wildman–Crippen LogP) is 3.96. The van der Waals surface area contributed by atoms with Crippen molar-refractivity contribution in [3.05, 3.63) is 98.5 Å². The topological polar surface area (TPSA) is 85.3 Å². The van der Waals surface area contributed by atoms with Gasteiger partial charge in [-0.2, -0.15) is 0 Å². The van der Waals surface area contributed by atoms with Gasteiger partial charge in [0.25, 0.3) is 11.5 Å². The second kappa shape index (κ2) is 8.91. The van der Waals surface area contributed by atoms with E-state index in [9.17, 15) is 9.59 Å². The van der Waals surface area contributed by atoms with Gasteiger partial charge >= 0.3 is 0 Å². The average Bonchev–Trinajstić information content (AvgIpc) is 3.30. The van der Waals surface area contributed by atoms with Gasteiger partial charge in [-0.25, -0.2) is 0 Å². The molecular weight excluding hydrogens is 438 g/mol. The first-order valence-corrected chi connectivity index (χ1v) is 11.0. The van der Waals surface area contributed by atoms with Crippen molar-refractivity contribution in [1.82, 2.24) is 14.9 Å². The molecule has 7 nitrogen and oxygen atoms in total. The normalized spacial score (nSPS) is 12.1. The van der Waals surface area contributed by atoms with Gasteiger partial charge in [-0.15, -0.1) is 0 Å². The zero-order valence-corrected chi connectivity index (χ0v) is 18.5. The van der Waals surface area contributed by atoms with Crippen molar-refractivity contribution in [2.75, 3.05) is 6.79 Å². The van der Waals surface area contributed by atoms with Crippen LogP contribution in [0.25, 0.3) is 10.9 Å². The Kier molecular flexibility index (Phi) is 5.66. The summed E-state index contributed by atoms with van der Waals surface area (Å²) < 4.78 is 12.6. The Balaban J connectivity index is 1.33. The smallest absolute Gasteiger partial charge is 0.262 e. The van der Waals surface area contributed by atoms with Crippen LogP contribution in [0.15, 0.2) is 71.5 Å². The summed E-state index contributed by atoms with van der Waals surface area (Å²) in [6.45, 7) is 1.02. The zero-order valence-electron chi connectivity index (χ0n) is 17.7. The van der Waals surface area contributed by atoms with E-state index in [-0.39, 0.29) is 18.3 Å². The van der Waals surface area contributed by atoms with Gasteiger partial charge in [-0.1, -0.05) is 36.4 Å². The second-order valence-corrected chi connectivity index (χ2v) is 8.14. The molecule has 8 heteroatoms. The summed E-state index contributed by atoms with van der Waals surface area (Å²) in [5.41, 5.74) is 2.84. The Morgan fingerprint density at radius 3 is 2.67 bits per heavy atom. The van der Waals surface area contributed by atoms with Crippen molar-refractivity contribution in [2.45, 2.75) is 19.5 Å². The number of aryl methyl sites for hydroxylation is 1. The molecule has 166 valence electrons. The first-order valence-electron chi connectivity index (χ1n) is 10.6. The molecule has 1 aromatic heterocycles. The van der Waals surface area contributed by atoms with Gasteiger partial charge in [-0.05, 0) is 60.1 Å². The molecule has 0 fully saturated rings. The van der Waals surface area contributed by atoms with Gasteiger partial charge in [-0.3, -0.25) is 14.2 Å². The van der Waals surface area contributed by atoms with Crippen molar-refractivity contribution in [1.29, 1.82) is 0 Å². The van der Waals surface area contributed by atoms with Crippen LogP contribution >= 0.6 is 12.2 Å². The number of aromatic amines is 1. The molecule has 1 aliphatic heterocycles. The van der Waals surface area contributed by atoms with Crippen LogP contribution in [-0.2, 0) is 19.5 Å². The van der Waals surface area contributed by atoms with Gasteiger partial charge in [0.2, 0.25) is 6.79 Å². The number of fused-ring (bicyclic) bond motifs is 2. The van der Waals surface area contributed by atoms with E-state index in [2.05, 4.69) is 10.3 Å². The Hall–Kier alpha value is -3.91. The fraction of sp³-hybridized carbons (Fsp3) is 0.160. The molecule has 4 aromatic rings. The van der Waals surface area contributed by atoms with Crippen molar-refractivity contribution >= 4 is 29.0 Å². The number of hydrogen-bond donors (Lipinski definition) is 2. The van der Waals surface area contributed by atoms with Crippen molar-refractivity contribution in [2.24, 2.45) is 0 Å². The fourth-order valence-corrected chi connectivity index (χ4v) is 4.10. The number of rotatable bonds is 6. The molecule has 0 spiro atoms. The lowest BCUT2D eigenvalue weighted by Crippen LogP contribution is -2.25. The monoisotopic (exact) mass is 459 g/mol. The first-order chi connectivity index (χ1) is 16.1. The van der Waals surface area contributed by atoms with Crippen LogP contribution in [0.1, 0.15) is 21.5 Å². The molecule has 0 saturated carbocycles. The van der Waals surface area contributed by atoms with E-state index in [4.69, 9.17) is 21.7 Å². The molecule has 0 radical (unpaired) electrons. The summed E-state index contributed by atoms with van der Waals surface area (Å²) >= 11 is 5.43. The number of nitrogens with one attached hydrogen (secondary N) is 2. The lowest BCUT2D eigenvalue weighted by Gasteiger charge is -2.10. The van der Waals surface area contributed by atoms with Crippen molar-refractivity contribution in [3.63, 3.8) is 0 Å². The molecule has 0 bridgehead atoms. The largest absolute Gasteiger partial charge is 0.454 e. The SMILES string of the molecule is O=C(NCc1ccc2c(c1)OCO2)c1ccc2c(=O)n(CCc3ccccc3)c(=S)[nH]c2c1. The Bertz CT molecular complexity index is 1460. The van der Waals surface area contributed by atoms with Crippen molar-refractivity contribution < 1.29 is 14.3 Å². The van der Waals surface area contributed by atoms with Crippen LogP contribution in [0.3, 0.4) is 0 Å². The molecule has 1 aliphatic rings. The Labute approximate surface area is 194 Å². The molecule has 1 amide bonds. The van der Waals surface area contributed by atoms with Gasteiger partial charge in [0, 0.05) is 18.7 Å². The third-order valence-electron chi connectivity index (χ3n) is 5.60. The molecular formula is C25H21N3O4S. The maximum Gasteiger partial charge on any atom is 0.262 e. The number of ether oxygens (including phenoxy) is 2. The number of carbonyl (C=O) groups excluding carboxylic acids is 1. The van der Waals surface area contributed by atoms with Crippen LogP contribution in [0.5, 0.6) is 11.5 Å². The third kappa shape index (κ3) is 4.38. The number of carbonyl (C=O) groups is 1. The lowest BCUT2D eigenvalue weighted by atomic mass is 10.1. The second-order valence-electron chi connectivity index (χ2n) is 7.75. The van der Waals surface area contributed by atoms with E-state index in [0.717, 1.165) is 11.1 Å². The molecule has 5 rings (SSSR count). The van der Waals surface area contributed by atoms with Gasteiger partial charge in [0.15, 0.2) is 16.3 Å². The predicted molar refractivity (Wildman–Crippen MR) is 127 cm³/mol. The van der Waals surface area contributed by atoms with E-state index < -0.39 is 0 Å². The van der Waals surface area contributed by atoms with E-state index in [0.29, 0.717) is 52.2 Å². The average molecular weight is 460 g/mol. The van der Waals surface area contributed by atoms with Gasteiger partial charge in [0.1, 0.15) is 0 Å². The lowest BCUT2D eigenvalue weighted by molar-refractivity contribution is 0.0951. The highest BCUT2D eigenvalue weighted by atomic mass is 32.1. The Morgan fingerprint density at radius 1 is 1.00 bits per heavy atom. The third-order valence-corrected chi connectivity index (χ3v) is 5.92. The van der Waals surface area contributed by atoms with Gasteiger partial charge in [0.05, 0.1) is 10.9 Å². The van der Waals surface area contributed by atoms with E-state index in [1.54, 1.807) is 22.8 Å². The summed E-state index contributed by atoms with van der Waals surface area (Å²) in [5, 5.41) is 3.38. The molecule has 0 unspecified atom stereocenters. The number of aromatic nitrogens is 2. The molecule has 3 aromatic carbocycles. The number of benzene rings is 3. The quantitative estimate of drug-likeness (QED) is 0.427. The maximum absolute atomic E-state index is 13.0. The van der Waals surface area contributed by atoms with Crippen LogP contribution < -0.4 is 20.3 Å². The molecule has 0 saturated heterocycles. The van der Waals surface area contributed by atoms with E-state index in [1.165, 1.54) is 0 Å². The molecule has 2 N–H and O–H groups in total. The minimum atomic E-state index is -0.248. The first kappa shape index (κ1) is 21.0. The summed E-state index contributed by atoms with van der Waals surface area (Å²) in [6.07, 6.45) is 0.698. The number of H-pyrrole nitrogens is 1. The summed E-state index contributed by atoms with van der Waals surface area (Å²) in [7, 11) is 0. The van der Waals surface area contributed by atoms with Crippen LogP contribution in [0.4, 0.5) is 0 Å². The summed E-state index contributed by atoms with van der Waals surface area (Å²) in [4.78, 5) is 28.8. The van der Waals surface area contributed by atoms with Crippen LogP contribution in [0, 0.1) is 4.77 Å². The molecule has 2 heterocycles. The highest BCUT2D eigenvalue weighted by Crippen LogP contribution is 2.32.